The van der Waals surface area contributed by atoms with Crippen LogP contribution in [0.25, 0.3) is 22.0 Å². The lowest BCUT2D eigenvalue weighted by atomic mass is 10.0. The molecule has 0 unspecified atom stereocenters. The molecule has 5 rings (SSSR count). The fourth-order valence-corrected chi connectivity index (χ4v) is 5.93. The van der Waals surface area contributed by atoms with E-state index in [0.717, 1.165) is 65.9 Å². The van der Waals surface area contributed by atoms with E-state index in [-0.39, 0.29) is 5.75 Å². The Kier molecular flexibility index (Phi) is 9.71. The molecule has 0 spiro atoms. The Labute approximate surface area is 257 Å². The van der Waals surface area contributed by atoms with E-state index in [0.29, 0.717) is 36.1 Å². The van der Waals surface area contributed by atoms with Crippen LogP contribution in [0.4, 0.5) is 18.0 Å². The Balaban J connectivity index is 1.32. The maximum atomic E-state index is 12.7. The van der Waals surface area contributed by atoms with Crippen molar-refractivity contribution in [1.82, 2.24) is 19.7 Å². The summed E-state index contributed by atoms with van der Waals surface area (Å²) in [5.74, 6) is -0.281. The first-order valence-corrected chi connectivity index (χ1v) is 14.6. The molecular weight excluding hydrogens is 604 g/mol. The van der Waals surface area contributed by atoms with Crippen molar-refractivity contribution in [3.8, 4) is 16.9 Å². The molecule has 12 heteroatoms. The average Bonchev–Trinajstić information content (AvgIpc) is 3.31. The molecule has 1 amide bonds. The number of aromatic nitrogens is 1. The van der Waals surface area contributed by atoms with Gasteiger partial charge in [0, 0.05) is 90.6 Å². The summed E-state index contributed by atoms with van der Waals surface area (Å²) in [5.41, 5.74) is 4.66. The fourth-order valence-electron chi connectivity index (χ4n) is 5.41. The van der Waals surface area contributed by atoms with Crippen molar-refractivity contribution in [3.63, 3.8) is 0 Å². The number of hydrogen-bond acceptors (Lipinski definition) is 4. The highest BCUT2D eigenvalue weighted by atomic mass is 35.5. The van der Waals surface area contributed by atoms with Gasteiger partial charge in [0.1, 0.15) is 5.75 Å². The highest BCUT2D eigenvalue weighted by Crippen LogP contribution is 2.34. The van der Waals surface area contributed by atoms with Crippen molar-refractivity contribution in [3.05, 3.63) is 88.0 Å². The van der Waals surface area contributed by atoms with Crippen LogP contribution in [0.5, 0.6) is 5.75 Å². The smallest absolute Gasteiger partial charge is 0.465 e. The van der Waals surface area contributed by atoms with Gasteiger partial charge in [-0.2, -0.15) is 0 Å². The molecule has 1 aliphatic rings. The Morgan fingerprint density at radius 2 is 1.58 bits per heavy atom. The molecule has 1 aliphatic heterocycles. The van der Waals surface area contributed by atoms with Gasteiger partial charge in [-0.1, -0.05) is 47.5 Å². The number of alkyl halides is 3. The minimum absolute atomic E-state index is 0.281. The summed E-state index contributed by atoms with van der Waals surface area (Å²) in [6.07, 6.45) is -3.28. The maximum absolute atomic E-state index is 12.7. The third-order valence-corrected chi connectivity index (χ3v) is 8.22. The van der Waals surface area contributed by atoms with E-state index in [2.05, 4.69) is 42.6 Å². The standard InChI is InChI=1S/C31H31Cl2F3N4O3/c32-27-3-1-4-28(33)26(27)19-39-15-13-38(14-16-39)18-21-5-10-29-24(17-21)25(20-40(29)12-2-11-37-30(41)42)22-6-8-23(9-7-22)43-31(34,35)36/h1,3-10,17,20,37H,2,11-16,18-19H2,(H,41,42). The van der Waals surface area contributed by atoms with Crippen LogP contribution in [0.15, 0.2) is 66.9 Å². The van der Waals surface area contributed by atoms with Crippen molar-refractivity contribution in [2.45, 2.75) is 32.4 Å². The van der Waals surface area contributed by atoms with Gasteiger partial charge in [-0.05, 0) is 53.9 Å². The van der Waals surface area contributed by atoms with E-state index in [1.165, 1.54) is 12.1 Å². The summed E-state index contributed by atoms with van der Waals surface area (Å²) in [4.78, 5) is 15.6. The summed E-state index contributed by atoms with van der Waals surface area (Å²) in [7, 11) is 0. The van der Waals surface area contributed by atoms with E-state index in [1.807, 2.05) is 24.4 Å². The first kappa shape index (κ1) is 31.0. The number of nitrogens with zero attached hydrogens (tertiary/aromatic N) is 3. The number of benzene rings is 3. The number of amides is 1. The van der Waals surface area contributed by atoms with Gasteiger partial charge >= 0.3 is 12.5 Å². The van der Waals surface area contributed by atoms with Gasteiger partial charge in [0.15, 0.2) is 0 Å². The minimum Gasteiger partial charge on any atom is -0.465 e. The number of carbonyl (C=O) groups is 1. The molecule has 43 heavy (non-hydrogen) atoms. The number of rotatable bonds is 10. The second kappa shape index (κ2) is 13.5. The van der Waals surface area contributed by atoms with Gasteiger partial charge in [-0.3, -0.25) is 9.80 Å². The van der Waals surface area contributed by atoms with Crippen molar-refractivity contribution in [2.75, 3.05) is 32.7 Å². The monoisotopic (exact) mass is 634 g/mol. The van der Waals surface area contributed by atoms with Crippen molar-refractivity contribution < 1.29 is 27.8 Å². The van der Waals surface area contributed by atoms with Crippen LogP contribution in [0.2, 0.25) is 10.0 Å². The highest BCUT2D eigenvalue weighted by Gasteiger charge is 2.31. The Bertz CT molecular complexity index is 1550. The SMILES string of the molecule is O=C(O)NCCCn1cc(-c2ccc(OC(F)(F)F)cc2)c2cc(CN3CCN(Cc4c(Cl)cccc4Cl)CC3)ccc21. The molecule has 2 heterocycles. The summed E-state index contributed by atoms with van der Waals surface area (Å²) < 4.78 is 44.1. The van der Waals surface area contributed by atoms with Gasteiger partial charge in [0.2, 0.25) is 0 Å². The largest absolute Gasteiger partial charge is 0.573 e. The Morgan fingerprint density at radius 3 is 2.21 bits per heavy atom. The second-order valence-electron chi connectivity index (χ2n) is 10.5. The molecule has 0 bridgehead atoms. The zero-order valence-electron chi connectivity index (χ0n) is 23.2. The fraction of sp³-hybridized carbons (Fsp3) is 0.323. The van der Waals surface area contributed by atoms with Crippen LogP contribution in [0, 0.1) is 0 Å². The second-order valence-corrected chi connectivity index (χ2v) is 11.3. The number of nitrogens with one attached hydrogen (secondary N) is 1. The van der Waals surface area contributed by atoms with Crippen LogP contribution < -0.4 is 10.1 Å². The average molecular weight is 636 g/mol. The molecule has 1 fully saturated rings. The lowest BCUT2D eigenvalue weighted by Crippen LogP contribution is -2.45. The van der Waals surface area contributed by atoms with Gasteiger partial charge in [0.05, 0.1) is 0 Å². The summed E-state index contributed by atoms with van der Waals surface area (Å²) in [6, 6.07) is 17.7. The number of piperazine rings is 1. The molecule has 0 atom stereocenters. The lowest BCUT2D eigenvalue weighted by Gasteiger charge is -2.35. The number of aryl methyl sites for hydroxylation is 1. The van der Waals surface area contributed by atoms with E-state index < -0.39 is 12.5 Å². The van der Waals surface area contributed by atoms with Crippen LogP contribution in [0.3, 0.4) is 0 Å². The molecule has 1 aromatic heterocycles. The molecule has 0 saturated carbocycles. The van der Waals surface area contributed by atoms with Gasteiger partial charge in [-0.25, -0.2) is 4.79 Å². The molecule has 1 saturated heterocycles. The van der Waals surface area contributed by atoms with Crippen LogP contribution in [-0.2, 0) is 19.6 Å². The number of fused-ring (bicyclic) bond motifs is 1. The zero-order chi connectivity index (χ0) is 30.6. The third-order valence-electron chi connectivity index (χ3n) is 7.51. The Morgan fingerprint density at radius 1 is 0.930 bits per heavy atom. The third kappa shape index (κ3) is 8.14. The molecule has 2 N–H and O–H groups in total. The maximum Gasteiger partial charge on any atom is 0.573 e. The summed E-state index contributed by atoms with van der Waals surface area (Å²) >= 11 is 12.7. The van der Waals surface area contributed by atoms with Gasteiger partial charge in [0.25, 0.3) is 0 Å². The van der Waals surface area contributed by atoms with Gasteiger partial charge in [-0.15, -0.1) is 13.2 Å². The van der Waals surface area contributed by atoms with Crippen molar-refractivity contribution in [2.24, 2.45) is 0 Å². The van der Waals surface area contributed by atoms with Crippen LogP contribution in [0.1, 0.15) is 17.5 Å². The number of carboxylic acid groups (broad SMARTS) is 1. The predicted octanol–water partition coefficient (Wildman–Crippen LogP) is 7.49. The predicted molar refractivity (Wildman–Crippen MR) is 162 cm³/mol. The normalized spacial score (nSPS) is 14.7. The molecular formula is C31H31Cl2F3N4O3. The quantitative estimate of drug-likeness (QED) is 0.177. The summed E-state index contributed by atoms with van der Waals surface area (Å²) in [5, 5.41) is 13.6. The van der Waals surface area contributed by atoms with Crippen molar-refractivity contribution >= 4 is 40.2 Å². The molecule has 228 valence electrons. The van der Waals surface area contributed by atoms with E-state index >= 15 is 0 Å². The molecule has 0 radical (unpaired) electrons. The number of halogens is 5. The van der Waals surface area contributed by atoms with Crippen LogP contribution in [-0.4, -0.2) is 64.7 Å². The Hall–Kier alpha value is -3.44. The molecule has 3 aromatic carbocycles. The van der Waals surface area contributed by atoms with Gasteiger partial charge < -0.3 is 19.7 Å². The first-order valence-electron chi connectivity index (χ1n) is 13.9. The highest BCUT2D eigenvalue weighted by molar-refractivity contribution is 6.35. The zero-order valence-corrected chi connectivity index (χ0v) is 24.7. The molecule has 7 nitrogen and oxygen atoms in total. The summed E-state index contributed by atoms with van der Waals surface area (Å²) in [6.45, 7) is 5.84. The topological polar surface area (TPSA) is 70.0 Å². The number of ether oxygens (including phenoxy) is 1. The van der Waals surface area contributed by atoms with E-state index in [4.69, 9.17) is 28.3 Å². The lowest BCUT2D eigenvalue weighted by molar-refractivity contribution is -0.274. The number of hydrogen-bond donors (Lipinski definition) is 2. The first-order chi connectivity index (χ1) is 20.6. The molecule has 4 aromatic rings. The van der Waals surface area contributed by atoms with E-state index in [1.54, 1.807) is 12.1 Å². The van der Waals surface area contributed by atoms with E-state index in [9.17, 15) is 18.0 Å². The minimum atomic E-state index is -4.76. The molecule has 0 aliphatic carbocycles. The van der Waals surface area contributed by atoms with Crippen LogP contribution >= 0.6 is 23.2 Å². The van der Waals surface area contributed by atoms with Crippen molar-refractivity contribution in [1.29, 1.82) is 0 Å².